The molecule has 0 aromatic rings. The minimum absolute atomic E-state index is 0.114. The van der Waals surface area contributed by atoms with Crippen molar-refractivity contribution in [3.05, 3.63) is 0 Å². The first kappa shape index (κ1) is 15.8. The molecule has 0 aromatic heterocycles. The number of amides is 1. The number of hydrogen-bond acceptors (Lipinski definition) is 2. The maximum Gasteiger partial charge on any atom is 0.221 e. The Kier molecular flexibility index (Phi) is 5.11. The Labute approximate surface area is 124 Å². The smallest absolute Gasteiger partial charge is 0.221 e. The van der Waals surface area contributed by atoms with Gasteiger partial charge in [-0.1, -0.05) is 12.8 Å². The maximum atomic E-state index is 11.8. The fourth-order valence-electron chi connectivity index (χ4n) is 3.93. The molecule has 0 heterocycles. The van der Waals surface area contributed by atoms with E-state index in [4.69, 9.17) is 0 Å². The highest BCUT2D eigenvalue weighted by molar-refractivity contribution is 5.76. The van der Waals surface area contributed by atoms with Crippen LogP contribution in [0.2, 0.25) is 0 Å². The van der Waals surface area contributed by atoms with Gasteiger partial charge in [-0.05, 0) is 64.7 Å². The third-order valence-electron chi connectivity index (χ3n) is 5.01. The SMILES string of the molecule is CC(C)(C)NC(=O)CCNC1CCC2(CCCC2)CC1. The highest BCUT2D eigenvalue weighted by atomic mass is 16.1. The first-order valence-electron chi connectivity index (χ1n) is 8.43. The molecule has 2 rings (SSSR count). The van der Waals surface area contributed by atoms with Gasteiger partial charge in [-0.15, -0.1) is 0 Å². The second-order valence-corrected chi connectivity index (χ2v) is 7.98. The molecule has 3 heteroatoms. The van der Waals surface area contributed by atoms with E-state index >= 15 is 0 Å². The topological polar surface area (TPSA) is 41.1 Å². The molecule has 0 unspecified atom stereocenters. The lowest BCUT2D eigenvalue weighted by molar-refractivity contribution is -0.122. The lowest BCUT2D eigenvalue weighted by Gasteiger charge is -2.37. The molecule has 2 saturated carbocycles. The quantitative estimate of drug-likeness (QED) is 0.829. The standard InChI is InChI=1S/C17H32N2O/c1-16(2,3)19-15(20)8-13-18-14-6-11-17(12-7-14)9-4-5-10-17/h14,18H,4-13H2,1-3H3,(H,19,20). The third-order valence-corrected chi connectivity index (χ3v) is 5.01. The number of rotatable bonds is 4. The zero-order valence-corrected chi connectivity index (χ0v) is 13.6. The van der Waals surface area contributed by atoms with Crippen LogP contribution in [-0.4, -0.2) is 24.0 Å². The summed E-state index contributed by atoms with van der Waals surface area (Å²) in [5.74, 6) is 0.160. The summed E-state index contributed by atoms with van der Waals surface area (Å²) in [5, 5.41) is 6.60. The van der Waals surface area contributed by atoms with Crippen molar-refractivity contribution in [2.45, 2.75) is 90.1 Å². The molecule has 3 nitrogen and oxygen atoms in total. The van der Waals surface area contributed by atoms with E-state index in [1.54, 1.807) is 0 Å². The van der Waals surface area contributed by atoms with Crippen LogP contribution in [0.25, 0.3) is 0 Å². The highest BCUT2D eigenvalue weighted by Crippen LogP contribution is 2.48. The van der Waals surface area contributed by atoms with E-state index in [9.17, 15) is 4.79 Å². The van der Waals surface area contributed by atoms with Gasteiger partial charge in [-0.25, -0.2) is 0 Å². The average Bonchev–Trinajstić information content (AvgIpc) is 2.78. The second kappa shape index (κ2) is 6.46. The molecule has 0 atom stereocenters. The van der Waals surface area contributed by atoms with Gasteiger partial charge in [0.1, 0.15) is 0 Å². The molecule has 116 valence electrons. The molecule has 0 aliphatic heterocycles. The van der Waals surface area contributed by atoms with Crippen molar-refractivity contribution in [1.29, 1.82) is 0 Å². The molecule has 0 saturated heterocycles. The van der Waals surface area contributed by atoms with Crippen molar-refractivity contribution in [2.24, 2.45) is 5.41 Å². The van der Waals surface area contributed by atoms with Crippen LogP contribution in [0.15, 0.2) is 0 Å². The van der Waals surface area contributed by atoms with E-state index in [0.717, 1.165) is 6.54 Å². The van der Waals surface area contributed by atoms with E-state index in [0.29, 0.717) is 17.9 Å². The highest BCUT2D eigenvalue weighted by Gasteiger charge is 2.37. The fourth-order valence-corrected chi connectivity index (χ4v) is 3.93. The van der Waals surface area contributed by atoms with Gasteiger partial charge >= 0.3 is 0 Å². The summed E-state index contributed by atoms with van der Waals surface area (Å²) in [7, 11) is 0. The zero-order chi connectivity index (χ0) is 14.6. The summed E-state index contributed by atoms with van der Waals surface area (Å²) in [4.78, 5) is 11.8. The summed E-state index contributed by atoms with van der Waals surface area (Å²) in [6, 6.07) is 0.642. The van der Waals surface area contributed by atoms with Crippen LogP contribution in [0.4, 0.5) is 0 Å². The molecule has 0 radical (unpaired) electrons. The summed E-state index contributed by atoms with van der Waals surface area (Å²) in [6.07, 6.45) is 11.8. The molecular formula is C17H32N2O. The van der Waals surface area contributed by atoms with Gasteiger partial charge in [-0.2, -0.15) is 0 Å². The van der Waals surface area contributed by atoms with Crippen molar-refractivity contribution in [1.82, 2.24) is 10.6 Å². The fraction of sp³-hybridized carbons (Fsp3) is 0.941. The van der Waals surface area contributed by atoms with E-state index in [2.05, 4.69) is 10.6 Å². The molecular weight excluding hydrogens is 248 g/mol. The van der Waals surface area contributed by atoms with Crippen molar-refractivity contribution < 1.29 is 4.79 Å². The lowest BCUT2D eigenvalue weighted by Crippen LogP contribution is -2.43. The molecule has 0 aromatic carbocycles. The molecule has 1 spiro atoms. The number of nitrogens with one attached hydrogen (secondary N) is 2. The van der Waals surface area contributed by atoms with E-state index in [-0.39, 0.29) is 11.4 Å². The molecule has 0 bridgehead atoms. The Balaban J connectivity index is 1.60. The Morgan fingerprint density at radius 2 is 1.70 bits per heavy atom. The molecule has 20 heavy (non-hydrogen) atoms. The van der Waals surface area contributed by atoms with Gasteiger partial charge in [0, 0.05) is 24.5 Å². The average molecular weight is 280 g/mol. The van der Waals surface area contributed by atoms with Crippen molar-refractivity contribution in [3.63, 3.8) is 0 Å². The predicted octanol–water partition coefficient (Wildman–Crippen LogP) is 3.38. The van der Waals surface area contributed by atoms with E-state index in [1.807, 2.05) is 20.8 Å². The summed E-state index contributed by atoms with van der Waals surface area (Å²) in [5.41, 5.74) is 0.596. The molecule has 2 aliphatic carbocycles. The van der Waals surface area contributed by atoms with Gasteiger partial charge < -0.3 is 10.6 Å². The Bertz CT molecular complexity index is 316. The van der Waals surface area contributed by atoms with Crippen LogP contribution in [0, 0.1) is 5.41 Å². The monoisotopic (exact) mass is 280 g/mol. The minimum Gasteiger partial charge on any atom is -0.351 e. The minimum atomic E-state index is -0.114. The summed E-state index contributed by atoms with van der Waals surface area (Å²) >= 11 is 0. The zero-order valence-electron chi connectivity index (χ0n) is 13.6. The van der Waals surface area contributed by atoms with Crippen molar-refractivity contribution >= 4 is 5.91 Å². The van der Waals surface area contributed by atoms with E-state index < -0.39 is 0 Å². The van der Waals surface area contributed by atoms with Gasteiger partial charge in [0.05, 0.1) is 0 Å². The number of carbonyl (C=O) groups excluding carboxylic acids is 1. The van der Waals surface area contributed by atoms with Crippen LogP contribution >= 0.6 is 0 Å². The summed E-state index contributed by atoms with van der Waals surface area (Å²) in [6.45, 7) is 6.90. The third kappa shape index (κ3) is 4.76. The summed E-state index contributed by atoms with van der Waals surface area (Å²) < 4.78 is 0. The maximum absolute atomic E-state index is 11.8. The van der Waals surface area contributed by atoms with Gasteiger partial charge in [0.15, 0.2) is 0 Å². The first-order valence-corrected chi connectivity index (χ1v) is 8.43. The van der Waals surface area contributed by atoms with Crippen LogP contribution in [0.1, 0.15) is 78.6 Å². The normalized spacial score (nSPS) is 23.1. The molecule has 2 fully saturated rings. The Hall–Kier alpha value is -0.570. The van der Waals surface area contributed by atoms with Crippen LogP contribution < -0.4 is 10.6 Å². The van der Waals surface area contributed by atoms with Crippen LogP contribution in [0.3, 0.4) is 0 Å². The van der Waals surface area contributed by atoms with Gasteiger partial charge in [-0.3, -0.25) is 4.79 Å². The Morgan fingerprint density at radius 3 is 2.25 bits per heavy atom. The lowest BCUT2D eigenvalue weighted by atomic mass is 9.71. The van der Waals surface area contributed by atoms with Crippen molar-refractivity contribution in [3.8, 4) is 0 Å². The largest absolute Gasteiger partial charge is 0.351 e. The Morgan fingerprint density at radius 1 is 1.10 bits per heavy atom. The van der Waals surface area contributed by atoms with Gasteiger partial charge in [0.25, 0.3) is 0 Å². The molecule has 1 amide bonds. The first-order chi connectivity index (χ1) is 9.39. The predicted molar refractivity (Wildman–Crippen MR) is 83.7 cm³/mol. The number of carbonyl (C=O) groups is 1. The van der Waals surface area contributed by atoms with E-state index in [1.165, 1.54) is 51.4 Å². The van der Waals surface area contributed by atoms with Crippen LogP contribution in [0.5, 0.6) is 0 Å². The van der Waals surface area contributed by atoms with Gasteiger partial charge in [0.2, 0.25) is 5.91 Å². The second-order valence-electron chi connectivity index (χ2n) is 7.98. The van der Waals surface area contributed by atoms with Crippen LogP contribution in [-0.2, 0) is 4.79 Å². The van der Waals surface area contributed by atoms with Crippen molar-refractivity contribution in [2.75, 3.05) is 6.54 Å². The molecule has 2 N–H and O–H groups in total. The molecule has 2 aliphatic rings. The number of hydrogen-bond donors (Lipinski definition) is 2.